The van der Waals surface area contributed by atoms with E-state index < -0.39 is 0 Å². The molecule has 1 saturated heterocycles. The van der Waals surface area contributed by atoms with E-state index in [9.17, 15) is 9.59 Å². The summed E-state index contributed by atoms with van der Waals surface area (Å²) in [5.41, 5.74) is 1.05. The Hall–Kier alpha value is -3.02. The van der Waals surface area contributed by atoms with Gasteiger partial charge in [0.25, 0.3) is 11.8 Å². The average Bonchev–Trinajstić information content (AvgIpc) is 3.16. The third-order valence-corrected chi connectivity index (χ3v) is 4.17. The lowest BCUT2D eigenvalue weighted by atomic mass is 10.2. The second kappa shape index (κ2) is 7.25. The van der Waals surface area contributed by atoms with Crippen LogP contribution in [0.25, 0.3) is 0 Å². The molecule has 0 spiro atoms. The summed E-state index contributed by atoms with van der Waals surface area (Å²) in [6.45, 7) is 1.04. The number of rotatable bonds is 4. The molecule has 1 fully saturated rings. The molecule has 2 amide bonds. The van der Waals surface area contributed by atoms with Crippen LogP contribution >= 0.6 is 0 Å². The van der Waals surface area contributed by atoms with Gasteiger partial charge < -0.3 is 9.47 Å². The lowest BCUT2D eigenvalue weighted by Crippen LogP contribution is -2.44. The Bertz CT molecular complexity index is 690. The molecule has 0 unspecified atom stereocenters. The second-order valence-corrected chi connectivity index (χ2v) is 5.67. The minimum Gasteiger partial charge on any atom is -0.497 e. The molecule has 0 bridgehead atoms. The van der Waals surface area contributed by atoms with Gasteiger partial charge in [-0.15, -0.1) is 0 Å². The molecular formula is C19H20N2O4. The quantitative estimate of drug-likeness (QED) is 0.858. The van der Waals surface area contributed by atoms with Crippen molar-refractivity contribution in [3.63, 3.8) is 0 Å². The Morgan fingerprint density at radius 1 is 0.720 bits per heavy atom. The first-order chi connectivity index (χ1) is 12.1. The normalized spacial score (nSPS) is 13.7. The summed E-state index contributed by atoms with van der Waals surface area (Å²) in [6.07, 6.45) is 0.754. The molecule has 2 aromatic carbocycles. The SMILES string of the molecule is COc1ccc(C(=O)N2CCCN2C(=O)c2ccc(OC)cc2)cc1. The van der Waals surface area contributed by atoms with Crippen LogP contribution in [0.3, 0.4) is 0 Å². The van der Waals surface area contributed by atoms with E-state index in [0.717, 1.165) is 6.42 Å². The van der Waals surface area contributed by atoms with E-state index in [4.69, 9.17) is 9.47 Å². The number of hydrazine groups is 1. The van der Waals surface area contributed by atoms with Gasteiger partial charge in [0, 0.05) is 24.2 Å². The lowest BCUT2D eigenvalue weighted by molar-refractivity contribution is 0.0186. The summed E-state index contributed by atoms with van der Waals surface area (Å²) in [4.78, 5) is 25.5. The fourth-order valence-electron chi connectivity index (χ4n) is 2.80. The largest absolute Gasteiger partial charge is 0.497 e. The van der Waals surface area contributed by atoms with Crippen molar-refractivity contribution in [1.29, 1.82) is 0 Å². The van der Waals surface area contributed by atoms with Crippen molar-refractivity contribution >= 4 is 11.8 Å². The van der Waals surface area contributed by atoms with Crippen LogP contribution in [0.1, 0.15) is 27.1 Å². The second-order valence-electron chi connectivity index (χ2n) is 5.67. The third-order valence-electron chi connectivity index (χ3n) is 4.17. The number of benzene rings is 2. The molecule has 1 aliphatic heterocycles. The Balaban J connectivity index is 1.78. The van der Waals surface area contributed by atoms with Gasteiger partial charge in [-0.25, -0.2) is 10.0 Å². The van der Waals surface area contributed by atoms with Crippen molar-refractivity contribution < 1.29 is 19.1 Å². The molecule has 25 heavy (non-hydrogen) atoms. The average molecular weight is 340 g/mol. The van der Waals surface area contributed by atoms with Crippen LogP contribution in [-0.4, -0.2) is 49.1 Å². The summed E-state index contributed by atoms with van der Waals surface area (Å²) in [5, 5.41) is 3.02. The number of hydrogen-bond donors (Lipinski definition) is 0. The minimum atomic E-state index is -0.193. The molecule has 0 saturated carbocycles. The monoisotopic (exact) mass is 340 g/mol. The highest BCUT2D eigenvalue weighted by Gasteiger charge is 2.31. The molecule has 0 radical (unpaired) electrons. The molecular weight excluding hydrogens is 320 g/mol. The maximum absolute atomic E-state index is 12.8. The van der Waals surface area contributed by atoms with Gasteiger partial charge >= 0.3 is 0 Å². The highest BCUT2D eigenvalue weighted by atomic mass is 16.5. The Labute approximate surface area is 146 Å². The standard InChI is InChI=1S/C19H20N2O4/c1-24-16-8-4-14(5-9-16)18(22)20-12-3-13-21(20)19(23)15-6-10-17(25-2)11-7-15/h4-11H,3,12-13H2,1-2H3. The van der Waals surface area contributed by atoms with E-state index in [2.05, 4.69) is 0 Å². The summed E-state index contributed by atoms with van der Waals surface area (Å²) < 4.78 is 10.2. The molecule has 0 aliphatic carbocycles. The molecule has 0 N–H and O–H groups in total. The zero-order valence-electron chi connectivity index (χ0n) is 14.3. The number of amides is 2. The van der Waals surface area contributed by atoms with E-state index in [1.165, 1.54) is 10.0 Å². The highest BCUT2D eigenvalue weighted by Crippen LogP contribution is 2.21. The van der Waals surface area contributed by atoms with Crippen LogP contribution in [-0.2, 0) is 0 Å². The first kappa shape index (κ1) is 16.8. The fraction of sp³-hybridized carbons (Fsp3) is 0.263. The number of ether oxygens (including phenoxy) is 2. The Morgan fingerprint density at radius 2 is 1.08 bits per heavy atom. The molecule has 0 atom stereocenters. The maximum Gasteiger partial charge on any atom is 0.272 e. The highest BCUT2D eigenvalue weighted by molar-refractivity contribution is 5.99. The number of carbonyl (C=O) groups excluding carboxylic acids is 2. The third kappa shape index (κ3) is 3.42. The van der Waals surface area contributed by atoms with E-state index in [1.54, 1.807) is 62.8 Å². The molecule has 3 rings (SSSR count). The summed E-state index contributed by atoms with van der Waals surface area (Å²) in [7, 11) is 3.15. The predicted molar refractivity (Wildman–Crippen MR) is 92.7 cm³/mol. The van der Waals surface area contributed by atoms with Crippen molar-refractivity contribution in [2.45, 2.75) is 6.42 Å². The van der Waals surface area contributed by atoms with Crippen LogP contribution in [0.2, 0.25) is 0 Å². The number of methoxy groups -OCH3 is 2. The van der Waals surface area contributed by atoms with Crippen molar-refractivity contribution in [1.82, 2.24) is 10.0 Å². The Kier molecular flexibility index (Phi) is 4.88. The van der Waals surface area contributed by atoms with Gasteiger partial charge in [0.1, 0.15) is 11.5 Å². The molecule has 6 heteroatoms. The van der Waals surface area contributed by atoms with Crippen LogP contribution in [0.4, 0.5) is 0 Å². The fourth-order valence-corrected chi connectivity index (χ4v) is 2.80. The van der Waals surface area contributed by atoms with Gasteiger partial charge in [-0.3, -0.25) is 9.59 Å². The maximum atomic E-state index is 12.8. The first-order valence-electron chi connectivity index (χ1n) is 8.06. The molecule has 130 valence electrons. The van der Waals surface area contributed by atoms with Crippen molar-refractivity contribution in [2.24, 2.45) is 0 Å². The zero-order valence-corrected chi connectivity index (χ0v) is 14.3. The van der Waals surface area contributed by atoms with Gasteiger partial charge in [0.15, 0.2) is 0 Å². The van der Waals surface area contributed by atoms with Gasteiger partial charge in [-0.1, -0.05) is 0 Å². The lowest BCUT2D eigenvalue weighted by Gasteiger charge is -2.28. The number of carbonyl (C=O) groups is 2. The zero-order chi connectivity index (χ0) is 17.8. The van der Waals surface area contributed by atoms with Crippen LogP contribution in [0.5, 0.6) is 11.5 Å². The summed E-state index contributed by atoms with van der Waals surface area (Å²) >= 11 is 0. The minimum absolute atomic E-state index is 0.193. The van der Waals surface area contributed by atoms with E-state index in [0.29, 0.717) is 35.7 Å². The molecule has 6 nitrogen and oxygen atoms in total. The van der Waals surface area contributed by atoms with E-state index in [-0.39, 0.29) is 11.8 Å². The Morgan fingerprint density at radius 3 is 1.40 bits per heavy atom. The van der Waals surface area contributed by atoms with E-state index in [1.807, 2.05) is 0 Å². The molecule has 2 aromatic rings. The summed E-state index contributed by atoms with van der Waals surface area (Å²) in [5.74, 6) is 0.984. The molecule has 1 heterocycles. The van der Waals surface area contributed by atoms with Gasteiger partial charge in [-0.05, 0) is 55.0 Å². The first-order valence-corrected chi connectivity index (χ1v) is 8.06. The van der Waals surface area contributed by atoms with Crippen molar-refractivity contribution in [3.05, 3.63) is 59.7 Å². The molecule has 1 aliphatic rings. The number of hydrogen-bond acceptors (Lipinski definition) is 4. The topological polar surface area (TPSA) is 59.1 Å². The predicted octanol–water partition coefficient (Wildman–Crippen LogP) is 2.61. The van der Waals surface area contributed by atoms with Gasteiger partial charge in [-0.2, -0.15) is 0 Å². The van der Waals surface area contributed by atoms with Crippen LogP contribution in [0, 0.1) is 0 Å². The van der Waals surface area contributed by atoms with Crippen molar-refractivity contribution in [3.8, 4) is 11.5 Å². The van der Waals surface area contributed by atoms with Gasteiger partial charge in [0.2, 0.25) is 0 Å². The van der Waals surface area contributed by atoms with E-state index >= 15 is 0 Å². The summed E-state index contributed by atoms with van der Waals surface area (Å²) in [6, 6.07) is 13.8. The van der Waals surface area contributed by atoms with Crippen LogP contribution < -0.4 is 9.47 Å². The van der Waals surface area contributed by atoms with Gasteiger partial charge in [0.05, 0.1) is 14.2 Å². The smallest absolute Gasteiger partial charge is 0.272 e. The number of nitrogens with zero attached hydrogens (tertiary/aromatic N) is 2. The van der Waals surface area contributed by atoms with Crippen LogP contribution in [0.15, 0.2) is 48.5 Å². The van der Waals surface area contributed by atoms with Crippen molar-refractivity contribution in [2.75, 3.05) is 27.3 Å². The molecule has 0 aromatic heterocycles.